The van der Waals surface area contributed by atoms with Gasteiger partial charge in [-0.1, -0.05) is 46.4 Å². The lowest BCUT2D eigenvalue weighted by atomic mass is 10.1. The lowest BCUT2D eigenvalue weighted by Crippen LogP contribution is -2.54. The molecule has 10 nitrogen and oxygen atoms in total. The first-order valence-electron chi connectivity index (χ1n) is 10.3. The molecule has 0 radical (unpaired) electrons. The molecular weight excluding hydrogens is 576 g/mol. The third kappa shape index (κ3) is 9.30. The second kappa shape index (κ2) is 13.3. The molecule has 196 valence electrons. The number of nitrogens with one attached hydrogen (secondary N) is 3. The average molecular weight is 599 g/mol. The van der Waals surface area contributed by atoms with Gasteiger partial charge >= 0.3 is 5.97 Å². The van der Waals surface area contributed by atoms with E-state index in [1.54, 1.807) is 12.1 Å². The first-order chi connectivity index (χ1) is 16.8. The Kier molecular flexibility index (Phi) is 11.1. The molecule has 2 rings (SSSR count). The van der Waals surface area contributed by atoms with E-state index in [0.29, 0.717) is 15.6 Å². The summed E-state index contributed by atoms with van der Waals surface area (Å²) >= 11 is 23.8. The van der Waals surface area contributed by atoms with E-state index in [-0.39, 0.29) is 46.8 Å². The zero-order chi connectivity index (χ0) is 27.0. The summed E-state index contributed by atoms with van der Waals surface area (Å²) in [4.78, 5) is 25.0. The van der Waals surface area contributed by atoms with Crippen molar-refractivity contribution in [1.82, 2.24) is 15.8 Å². The lowest BCUT2D eigenvalue weighted by Gasteiger charge is -2.30. The van der Waals surface area contributed by atoms with Crippen LogP contribution in [0, 0.1) is 5.41 Å². The summed E-state index contributed by atoms with van der Waals surface area (Å²) in [5, 5.41) is 21.1. The van der Waals surface area contributed by atoms with Crippen LogP contribution in [0.3, 0.4) is 0 Å². The molecule has 2 aromatic carbocycles. The zero-order valence-corrected chi connectivity index (χ0v) is 22.4. The molecule has 0 aliphatic carbocycles. The number of carbonyl (C=O) groups is 2. The molecule has 0 fully saturated rings. The number of carbonyl (C=O) groups excluding carboxylic acids is 1. The summed E-state index contributed by atoms with van der Waals surface area (Å²) in [7, 11) is -4.23. The smallest absolute Gasteiger partial charge is 0.328 e. The van der Waals surface area contributed by atoms with Crippen LogP contribution in [-0.2, 0) is 26.0 Å². The number of guanidine groups is 1. The van der Waals surface area contributed by atoms with Crippen LogP contribution in [0.1, 0.15) is 18.4 Å². The van der Waals surface area contributed by atoms with Crippen LogP contribution in [0.4, 0.5) is 0 Å². The third-order valence-electron chi connectivity index (χ3n) is 4.72. The van der Waals surface area contributed by atoms with Gasteiger partial charge < -0.3 is 16.2 Å². The van der Waals surface area contributed by atoms with Gasteiger partial charge in [0.05, 0.1) is 4.90 Å². The van der Waals surface area contributed by atoms with Crippen molar-refractivity contribution in [2.45, 2.75) is 30.3 Å². The van der Waals surface area contributed by atoms with Crippen molar-refractivity contribution in [2.24, 2.45) is 5.73 Å². The Morgan fingerprint density at radius 2 is 1.53 bits per heavy atom. The van der Waals surface area contributed by atoms with Crippen LogP contribution in [-0.4, -0.2) is 54.7 Å². The third-order valence-corrected chi connectivity index (χ3v) is 7.17. The van der Waals surface area contributed by atoms with Crippen molar-refractivity contribution in [3.8, 4) is 0 Å². The van der Waals surface area contributed by atoms with Gasteiger partial charge in [-0.25, -0.2) is 18.6 Å². The number of nitrogens with two attached hydrogens (primary N) is 1. The number of rotatable bonds is 12. The Hall–Kier alpha value is -2.28. The van der Waals surface area contributed by atoms with E-state index in [1.807, 2.05) is 0 Å². The number of halogens is 4. The van der Waals surface area contributed by atoms with E-state index in [0.717, 1.165) is 17.1 Å². The van der Waals surface area contributed by atoms with E-state index in [4.69, 9.17) is 57.5 Å². The average Bonchev–Trinajstić information content (AvgIpc) is 2.73. The molecule has 1 amide bonds. The van der Waals surface area contributed by atoms with Gasteiger partial charge in [0.1, 0.15) is 11.8 Å². The van der Waals surface area contributed by atoms with Gasteiger partial charge in [-0.2, -0.15) is 0 Å². The minimum absolute atomic E-state index is 0.0581. The van der Waals surface area contributed by atoms with E-state index in [2.05, 4.69) is 10.7 Å². The van der Waals surface area contributed by atoms with Crippen LogP contribution in [0.2, 0.25) is 20.1 Å². The summed E-state index contributed by atoms with van der Waals surface area (Å²) in [6.45, 7) is 0.0922. The summed E-state index contributed by atoms with van der Waals surface area (Å²) in [6.07, 6.45) is 0.134. The fraction of sp³-hybridized carbons (Fsp3) is 0.286. The first-order valence-corrected chi connectivity index (χ1v) is 13.4. The number of benzene rings is 2. The molecule has 0 saturated carbocycles. The van der Waals surface area contributed by atoms with E-state index >= 15 is 0 Å². The predicted octanol–water partition coefficient (Wildman–Crippen LogP) is 3.32. The molecule has 0 aliphatic heterocycles. The molecule has 0 bridgehead atoms. The highest BCUT2D eigenvalue weighted by molar-refractivity contribution is 7.92. The molecule has 0 heterocycles. The van der Waals surface area contributed by atoms with Crippen LogP contribution in [0.25, 0.3) is 0 Å². The molecule has 2 aromatic rings. The van der Waals surface area contributed by atoms with Crippen molar-refractivity contribution < 1.29 is 23.1 Å². The Labute approximate surface area is 228 Å². The maximum Gasteiger partial charge on any atom is 0.328 e. The molecule has 0 spiro atoms. The number of sulfone groups is 1. The molecule has 15 heteroatoms. The number of carboxylic acid groups (broad SMARTS) is 1. The van der Waals surface area contributed by atoms with Crippen molar-refractivity contribution in [2.75, 3.05) is 12.3 Å². The van der Waals surface area contributed by atoms with Crippen LogP contribution in [0.15, 0.2) is 41.3 Å². The quantitative estimate of drug-likeness (QED) is 0.107. The van der Waals surface area contributed by atoms with E-state index < -0.39 is 33.5 Å². The summed E-state index contributed by atoms with van der Waals surface area (Å²) in [5.41, 5.74) is 8.46. The highest BCUT2D eigenvalue weighted by Gasteiger charge is 2.33. The standard InChI is InChI=1S/C21H23Cl4N5O5S/c22-13-4-12(5-14(23)6-13)10-29-30(18(20(32)33)2-1-3-28-21(26)27)19(31)11-36(34,35)17-8-15(24)7-16(25)9-17/h4-9,18,29H,1-3,10-11H2,(H,32,33)(H4,26,27,28)/t18-/m0/s1. The first kappa shape index (κ1) is 29.9. The second-order valence-electron chi connectivity index (χ2n) is 7.58. The minimum atomic E-state index is -4.23. The lowest BCUT2D eigenvalue weighted by molar-refractivity contribution is -0.152. The SMILES string of the molecule is N=C(N)NCCC[C@@H](C(=O)O)N(NCc1cc(Cl)cc(Cl)c1)C(=O)CS(=O)(=O)c1cc(Cl)cc(Cl)c1. The van der Waals surface area contributed by atoms with Crippen molar-refractivity contribution in [3.05, 3.63) is 62.1 Å². The Balaban J connectivity index is 2.32. The number of hydrazine groups is 1. The maximum atomic E-state index is 13.2. The molecule has 1 atom stereocenters. The molecule has 36 heavy (non-hydrogen) atoms. The van der Waals surface area contributed by atoms with Crippen LogP contribution >= 0.6 is 46.4 Å². The Morgan fingerprint density at radius 1 is 1.00 bits per heavy atom. The zero-order valence-electron chi connectivity index (χ0n) is 18.6. The van der Waals surface area contributed by atoms with Crippen molar-refractivity contribution >= 4 is 74.1 Å². The largest absolute Gasteiger partial charge is 0.480 e. The highest BCUT2D eigenvalue weighted by Crippen LogP contribution is 2.24. The van der Waals surface area contributed by atoms with Gasteiger partial charge in [0.2, 0.25) is 0 Å². The fourth-order valence-corrected chi connectivity index (χ4v) is 5.64. The normalized spacial score (nSPS) is 12.1. The van der Waals surface area contributed by atoms with Crippen molar-refractivity contribution in [1.29, 1.82) is 5.41 Å². The second-order valence-corrected chi connectivity index (χ2v) is 11.3. The number of hydrogen-bond donors (Lipinski definition) is 5. The molecule has 6 N–H and O–H groups in total. The number of amides is 1. The summed E-state index contributed by atoms with van der Waals surface area (Å²) < 4.78 is 25.8. The topological polar surface area (TPSA) is 166 Å². The van der Waals surface area contributed by atoms with Gasteiger partial charge in [0, 0.05) is 33.2 Å². The molecule has 0 aliphatic rings. The fourth-order valence-electron chi connectivity index (χ4n) is 3.17. The van der Waals surface area contributed by atoms with Gasteiger partial charge in [-0.3, -0.25) is 15.2 Å². The van der Waals surface area contributed by atoms with Gasteiger partial charge in [0.25, 0.3) is 5.91 Å². The van der Waals surface area contributed by atoms with Crippen molar-refractivity contribution in [3.63, 3.8) is 0 Å². The summed E-state index contributed by atoms with van der Waals surface area (Å²) in [6, 6.07) is 6.79. The van der Waals surface area contributed by atoms with E-state index in [9.17, 15) is 23.1 Å². The number of aliphatic carboxylic acids is 1. The molecular formula is C21H23Cl4N5O5S. The number of carboxylic acids is 1. The minimum Gasteiger partial charge on any atom is -0.480 e. The predicted molar refractivity (Wildman–Crippen MR) is 139 cm³/mol. The molecule has 0 unspecified atom stereocenters. The van der Waals surface area contributed by atoms with E-state index in [1.165, 1.54) is 12.1 Å². The Morgan fingerprint density at radius 3 is 2.03 bits per heavy atom. The summed E-state index contributed by atoms with van der Waals surface area (Å²) in [5.74, 6) is -3.74. The van der Waals surface area contributed by atoms with Crippen LogP contribution < -0.4 is 16.5 Å². The molecule has 0 aromatic heterocycles. The van der Waals surface area contributed by atoms with Crippen LogP contribution in [0.5, 0.6) is 0 Å². The highest BCUT2D eigenvalue weighted by atomic mass is 35.5. The number of hydrogen-bond acceptors (Lipinski definition) is 6. The monoisotopic (exact) mass is 597 g/mol. The number of nitrogens with zero attached hydrogens (tertiary/aromatic N) is 1. The Bertz CT molecular complexity index is 1200. The van der Waals surface area contributed by atoms with Gasteiger partial charge in [-0.05, 0) is 54.8 Å². The maximum absolute atomic E-state index is 13.2. The van der Waals surface area contributed by atoms with Gasteiger partial charge in [-0.15, -0.1) is 0 Å². The molecule has 0 saturated heterocycles. The van der Waals surface area contributed by atoms with Gasteiger partial charge in [0.15, 0.2) is 15.8 Å².